The van der Waals surface area contributed by atoms with Crippen LogP contribution in [-0.2, 0) is 11.2 Å². The van der Waals surface area contributed by atoms with Gasteiger partial charge in [0.25, 0.3) is 0 Å². The number of ether oxygens (including phenoxy) is 2. The van der Waals surface area contributed by atoms with E-state index >= 15 is 0 Å². The van der Waals surface area contributed by atoms with Gasteiger partial charge in [-0.25, -0.2) is 0 Å². The Morgan fingerprint density at radius 1 is 1.19 bits per heavy atom. The summed E-state index contributed by atoms with van der Waals surface area (Å²) in [4.78, 5) is 11.8. The van der Waals surface area contributed by atoms with Crippen molar-refractivity contribution in [2.75, 3.05) is 6.79 Å². The van der Waals surface area contributed by atoms with Gasteiger partial charge in [0.1, 0.15) is 0 Å². The molecule has 3 nitrogen and oxygen atoms in total. The summed E-state index contributed by atoms with van der Waals surface area (Å²) < 4.78 is 10.7. The maximum atomic E-state index is 11.8. The first kappa shape index (κ1) is 14.0. The van der Waals surface area contributed by atoms with E-state index in [1.165, 1.54) is 0 Å². The zero-order valence-electron chi connectivity index (χ0n) is 11.6. The highest BCUT2D eigenvalue weighted by molar-refractivity contribution is 6.64. The van der Waals surface area contributed by atoms with Crippen LogP contribution in [0, 0.1) is 6.92 Å². The number of halogens is 1. The lowest BCUT2D eigenvalue weighted by molar-refractivity contribution is -0.113. The maximum absolute atomic E-state index is 11.8. The van der Waals surface area contributed by atoms with Gasteiger partial charge in [0.15, 0.2) is 11.5 Å². The smallest absolute Gasteiger partial charge is 0.231 e. The summed E-state index contributed by atoms with van der Waals surface area (Å²) in [5.41, 5.74) is 3.04. The summed E-state index contributed by atoms with van der Waals surface area (Å²) in [6, 6.07) is 13.5. The maximum Gasteiger partial charge on any atom is 0.231 e. The molecule has 21 heavy (non-hydrogen) atoms. The molecule has 2 aromatic carbocycles. The number of benzene rings is 2. The minimum absolute atomic E-state index is 0.244. The molecule has 1 heterocycles. The molecule has 1 unspecified atom stereocenters. The molecule has 0 radical (unpaired) electrons. The zero-order valence-corrected chi connectivity index (χ0v) is 12.4. The first-order chi connectivity index (χ1) is 10.1. The van der Waals surface area contributed by atoms with E-state index in [4.69, 9.17) is 21.1 Å². The number of rotatable bonds is 4. The molecule has 0 saturated heterocycles. The molecule has 4 heteroatoms. The fraction of sp³-hybridized carbons (Fsp3) is 0.235. The number of carbonyl (C=O) groups excluding carboxylic acids is 1. The van der Waals surface area contributed by atoms with Crippen molar-refractivity contribution < 1.29 is 14.3 Å². The Labute approximate surface area is 128 Å². The average Bonchev–Trinajstić information content (AvgIpc) is 2.93. The Kier molecular flexibility index (Phi) is 3.84. The van der Waals surface area contributed by atoms with Gasteiger partial charge in [-0.05, 0) is 53.8 Å². The van der Waals surface area contributed by atoms with E-state index in [-0.39, 0.29) is 18.0 Å². The van der Waals surface area contributed by atoms with E-state index in [9.17, 15) is 4.79 Å². The van der Waals surface area contributed by atoms with Gasteiger partial charge in [-0.2, -0.15) is 0 Å². The molecule has 3 rings (SSSR count). The van der Waals surface area contributed by atoms with E-state index in [2.05, 4.69) is 0 Å². The van der Waals surface area contributed by atoms with Gasteiger partial charge in [0.05, 0.1) is 5.92 Å². The van der Waals surface area contributed by atoms with E-state index in [0.29, 0.717) is 6.42 Å². The second kappa shape index (κ2) is 5.78. The summed E-state index contributed by atoms with van der Waals surface area (Å²) >= 11 is 5.82. The Balaban J connectivity index is 1.90. The normalized spacial score (nSPS) is 14.0. The van der Waals surface area contributed by atoms with Crippen molar-refractivity contribution in [3.8, 4) is 11.5 Å². The molecule has 0 fully saturated rings. The van der Waals surface area contributed by atoms with Crippen LogP contribution in [0.1, 0.15) is 22.6 Å². The van der Waals surface area contributed by atoms with Crippen LogP contribution in [0.25, 0.3) is 0 Å². The Morgan fingerprint density at radius 3 is 2.71 bits per heavy atom. The minimum atomic E-state index is -0.353. The number of carbonyl (C=O) groups is 1. The van der Waals surface area contributed by atoms with Crippen LogP contribution in [0.15, 0.2) is 42.5 Å². The number of fused-ring (bicyclic) bond motifs is 1. The molecule has 108 valence electrons. The first-order valence-corrected chi connectivity index (χ1v) is 7.16. The molecule has 0 aromatic heterocycles. The van der Waals surface area contributed by atoms with Gasteiger partial charge >= 0.3 is 0 Å². The highest BCUT2D eigenvalue weighted by atomic mass is 35.5. The SMILES string of the molecule is Cc1ccccc1C(Cc1ccc2c(c1)OCO2)C(=O)Cl. The molecule has 2 aromatic rings. The van der Waals surface area contributed by atoms with Crippen molar-refractivity contribution >= 4 is 16.8 Å². The zero-order chi connectivity index (χ0) is 14.8. The van der Waals surface area contributed by atoms with E-state index in [1.807, 2.05) is 49.4 Å². The number of hydrogen-bond acceptors (Lipinski definition) is 3. The van der Waals surface area contributed by atoms with Crippen molar-refractivity contribution in [3.05, 3.63) is 59.2 Å². The van der Waals surface area contributed by atoms with Crippen molar-refractivity contribution in [1.29, 1.82) is 0 Å². The van der Waals surface area contributed by atoms with Gasteiger partial charge in [-0.3, -0.25) is 4.79 Å². The van der Waals surface area contributed by atoms with Crippen molar-refractivity contribution in [2.24, 2.45) is 0 Å². The highest BCUT2D eigenvalue weighted by Gasteiger charge is 2.22. The third-order valence-electron chi connectivity index (χ3n) is 3.71. The van der Waals surface area contributed by atoms with Crippen LogP contribution in [0.5, 0.6) is 11.5 Å². The quantitative estimate of drug-likeness (QED) is 0.806. The standard InChI is InChI=1S/C17H15ClO3/c1-11-4-2-3-5-13(11)14(17(18)19)8-12-6-7-15-16(9-12)21-10-20-15/h2-7,9,14H,8,10H2,1H3. The van der Waals surface area contributed by atoms with Gasteiger partial charge < -0.3 is 9.47 Å². The van der Waals surface area contributed by atoms with Crippen LogP contribution in [0.2, 0.25) is 0 Å². The largest absolute Gasteiger partial charge is 0.454 e. The van der Waals surface area contributed by atoms with E-state index in [1.54, 1.807) is 0 Å². The molecule has 0 N–H and O–H groups in total. The average molecular weight is 303 g/mol. The van der Waals surface area contributed by atoms with Gasteiger partial charge in [-0.1, -0.05) is 30.3 Å². The molecular weight excluding hydrogens is 288 g/mol. The van der Waals surface area contributed by atoms with Crippen LogP contribution in [0.4, 0.5) is 0 Å². The van der Waals surface area contributed by atoms with Crippen molar-refractivity contribution in [2.45, 2.75) is 19.3 Å². The first-order valence-electron chi connectivity index (χ1n) is 6.78. The third-order valence-corrected chi connectivity index (χ3v) is 3.98. The molecule has 1 aliphatic heterocycles. The summed E-state index contributed by atoms with van der Waals surface area (Å²) in [5, 5.41) is -0.345. The topological polar surface area (TPSA) is 35.5 Å². The lowest BCUT2D eigenvalue weighted by Gasteiger charge is -2.16. The van der Waals surface area contributed by atoms with E-state index in [0.717, 1.165) is 28.2 Å². The van der Waals surface area contributed by atoms with Crippen LogP contribution in [-0.4, -0.2) is 12.0 Å². The van der Waals surface area contributed by atoms with Gasteiger partial charge in [-0.15, -0.1) is 0 Å². The second-order valence-electron chi connectivity index (χ2n) is 5.11. The molecule has 0 amide bonds. The van der Waals surface area contributed by atoms with Gasteiger partial charge in [0, 0.05) is 0 Å². The summed E-state index contributed by atoms with van der Waals surface area (Å²) in [6.45, 7) is 2.23. The predicted molar refractivity (Wildman–Crippen MR) is 81.0 cm³/mol. The van der Waals surface area contributed by atoms with Crippen LogP contribution >= 0.6 is 11.6 Å². The summed E-state index contributed by atoms with van der Waals surface area (Å²) in [5.74, 6) is 1.11. The Hall–Kier alpha value is -2.00. The molecule has 0 bridgehead atoms. The molecular formula is C17H15ClO3. The van der Waals surface area contributed by atoms with Crippen LogP contribution in [0.3, 0.4) is 0 Å². The molecule has 0 spiro atoms. The Morgan fingerprint density at radius 2 is 1.95 bits per heavy atom. The van der Waals surface area contributed by atoms with Crippen molar-refractivity contribution in [1.82, 2.24) is 0 Å². The number of aryl methyl sites for hydroxylation is 1. The monoisotopic (exact) mass is 302 g/mol. The second-order valence-corrected chi connectivity index (χ2v) is 5.48. The molecule has 0 aliphatic carbocycles. The van der Waals surface area contributed by atoms with Crippen molar-refractivity contribution in [3.63, 3.8) is 0 Å². The lowest BCUT2D eigenvalue weighted by Crippen LogP contribution is -2.11. The third kappa shape index (κ3) is 2.88. The predicted octanol–water partition coefficient (Wildman–Crippen LogP) is 3.82. The number of hydrogen-bond donors (Lipinski definition) is 0. The lowest BCUT2D eigenvalue weighted by atomic mass is 9.90. The Bertz CT molecular complexity index is 681. The van der Waals surface area contributed by atoms with Crippen LogP contribution < -0.4 is 9.47 Å². The fourth-order valence-corrected chi connectivity index (χ4v) is 2.79. The molecule has 0 saturated carbocycles. The van der Waals surface area contributed by atoms with E-state index < -0.39 is 0 Å². The molecule has 1 aliphatic rings. The summed E-state index contributed by atoms with van der Waals surface area (Å²) in [6.07, 6.45) is 0.545. The summed E-state index contributed by atoms with van der Waals surface area (Å²) in [7, 11) is 0. The van der Waals surface area contributed by atoms with Gasteiger partial charge in [0.2, 0.25) is 12.0 Å². The minimum Gasteiger partial charge on any atom is -0.454 e. The highest BCUT2D eigenvalue weighted by Crippen LogP contribution is 2.34. The molecule has 1 atom stereocenters. The fourth-order valence-electron chi connectivity index (χ4n) is 2.59.